The second-order valence-corrected chi connectivity index (χ2v) is 5.80. The Kier molecular flexibility index (Phi) is 3.94. The highest BCUT2D eigenvalue weighted by molar-refractivity contribution is 6.06. The van der Waals surface area contributed by atoms with Gasteiger partial charge in [0.05, 0.1) is 0 Å². The second-order valence-electron chi connectivity index (χ2n) is 5.80. The minimum absolute atomic E-state index is 0.0667. The zero-order chi connectivity index (χ0) is 16.6. The zero-order valence-electron chi connectivity index (χ0n) is 13.3. The molecule has 2 aromatic rings. The fourth-order valence-corrected chi connectivity index (χ4v) is 3.05. The Morgan fingerprint density at radius 3 is 2.74 bits per heavy atom. The van der Waals surface area contributed by atoms with E-state index in [2.05, 4.69) is 6.07 Å². The summed E-state index contributed by atoms with van der Waals surface area (Å²) in [5, 5.41) is 9.21. The van der Waals surface area contributed by atoms with Crippen LogP contribution in [0.4, 0.5) is 5.69 Å². The maximum absolute atomic E-state index is 12.8. The molecule has 0 fully saturated rings. The van der Waals surface area contributed by atoms with E-state index in [1.165, 1.54) is 6.07 Å². The Morgan fingerprint density at radius 1 is 1.30 bits per heavy atom. The van der Waals surface area contributed by atoms with Crippen LogP contribution in [0.25, 0.3) is 0 Å². The normalized spacial score (nSPS) is 13.7. The predicted octanol–water partition coefficient (Wildman–Crippen LogP) is 3.44. The molecule has 0 spiro atoms. The van der Waals surface area contributed by atoms with Crippen molar-refractivity contribution >= 4 is 17.6 Å². The number of rotatable bonds is 3. The molecule has 0 unspecified atom stereocenters. The molecule has 23 heavy (non-hydrogen) atoms. The molecule has 120 valence electrons. The Morgan fingerprint density at radius 2 is 2.09 bits per heavy atom. The van der Waals surface area contributed by atoms with Crippen LogP contribution in [0.15, 0.2) is 28.7 Å². The Balaban J connectivity index is 1.98. The van der Waals surface area contributed by atoms with Crippen molar-refractivity contribution in [1.82, 2.24) is 0 Å². The summed E-state index contributed by atoms with van der Waals surface area (Å²) in [7, 11) is 0. The standard InChI is InChI=1S/C18H19NO4/c1-3-15-13(18(21)22)10-16(23-15)17(20)19-8-4-5-12-9-11(2)6-7-14(12)19/h6-7,9-10H,3-5,8H2,1-2H3,(H,21,22). The van der Waals surface area contributed by atoms with Crippen LogP contribution in [0.5, 0.6) is 0 Å². The van der Waals surface area contributed by atoms with Crippen LogP contribution in [0.2, 0.25) is 0 Å². The number of benzene rings is 1. The lowest BCUT2D eigenvalue weighted by Crippen LogP contribution is -2.35. The molecule has 1 aliphatic rings. The van der Waals surface area contributed by atoms with E-state index in [9.17, 15) is 14.7 Å². The number of amides is 1. The fourth-order valence-electron chi connectivity index (χ4n) is 3.05. The van der Waals surface area contributed by atoms with Crippen LogP contribution in [0.1, 0.15) is 51.1 Å². The first-order chi connectivity index (χ1) is 11.0. The number of carbonyl (C=O) groups is 2. The van der Waals surface area contributed by atoms with Gasteiger partial charge >= 0.3 is 5.97 Å². The second kappa shape index (κ2) is 5.91. The molecule has 0 radical (unpaired) electrons. The first-order valence-electron chi connectivity index (χ1n) is 7.78. The number of hydrogen-bond acceptors (Lipinski definition) is 3. The van der Waals surface area contributed by atoms with Gasteiger partial charge in [0.1, 0.15) is 11.3 Å². The number of fused-ring (bicyclic) bond motifs is 1. The molecule has 1 N–H and O–H groups in total. The van der Waals surface area contributed by atoms with E-state index in [-0.39, 0.29) is 17.2 Å². The number of furan rings is 1. The molecule has 0 bridgehead atoms. The summed E-state index contributed by atoms with van der Waals surface area (Å²) in [6, 6.07) is 7.36. The summed E-state index contributed by atoms with van der Waals surface area (Å²) < 4.78 is 5.51. The first kappa shape index (κ1) is 15.3. The van der Waals surface area contributed by atoms with Gasteiger partial charge in [-0.05, 0) is 31.4 Å². The van der Waals surface area contributed by atoms with Crippen LogP contribution in [-0.4, -0.2) is 23.5 Å². The number of carboxylic acids is 1. The van der Waals surface area contributed by atoms with Crippen molar-refractivity contribution in [1.29, 1.82) is 0 Å². The van der Waals surface area contributed by atoms with E-state index in [1.807, 2.05) is 19.1 Å². The van der Waals surface area contributed by atoms with Crippen molar-refractivity contribution in [2.24, 2.45) is 0 Å². The van der Waals surface area contributed by atoms with Crippen LogP contribution in [-0.2, 0) is 12.8 Å². The minimum atomic E-state index is -1.07. The molecule has 0 saturated carbocycles. The zero-order valence-corrected chi connectivity index (χ0v) is 13.3. The first-order valence-corrected chi connectivity index (χ1v) is 7.78. The van der Waals surface area contributed by atoms with E-state index in [4.69, 9.17) is 4.42 Å². The predicted molar refractivity (Wildman–Crippen MR) is 86.2 cm³/mol. The van der Waals surface area contributed by atoms with E-state index in [0.717, 1.165) is 29.7 Å². The molecule has 1 aromatic carbocycles. The summed E-state index contributed by atoms with van der Waals surface area (Å²) in [6.07, 6.45) is 2.26. The van der Waals surface area contributed by atoms with Gasteiger partial charge in [0.25, 0.3) is 5.91 Å². The van der Waals surface area contributed by atoms with Gasteiger partial charge in [-0.25, -0.2) is 4.79 Å². The minimum Gasteiger partial charge on any atom is -0.478 e. The summed E-state index contributed by atoms with van der Waals surface area (Å²) in [4.78, 5) is 25.7. The molecule has 1 aliphatic heterocycles. The highest BCUT2D eigenvalue weighted by Gasteiger charge is 2.28. The van der Waals surface area contributed by atoms with Crippen LogP contribution in [0.3, 0.4) is 0 Å². The molecular weight excluding hydrogens is 294 g/mol. The third kappa shape index (κ3) is 2.74. The number of aromatic carboxylic acids is 1. The number of nitrogens with zero attached hydrogens (tertiary/aromatic N) is 1. The van der Waals surface area contributed by atoms with Crippen molar-refractivity contribution in [2.45, 2.75) is 33.1 Å². The van der Waals surface area contributed by atoms with Crippen LogP contribution < -0.4 is 4.90 Å². The van der Waals surface area contributed by atoms with Crippen molar-refractivity contribution in [3.63, 3.8) is 0 Å². The smallest absolute Gasteiger partial charge is 0.339 e. The Labute approximate surface area is 134 Å². The fraction of sp³-hybridized carbons (Fsp3) is 0.333. The van der Waals surface area contributed by atoms with E-state index >= 15 is 0 Å². The maximum atomic E-state index is 12.8. The average Bonchev–Trinajstić information content (AvgIpc) is 2.98. The summed E-state index contributed by atoms with van der Waals surface area (Å²) in [5.41, 5.74) is 3.26. The Hall–Kier alpha value is -2.56. The van der Waals surface area contributed by atoms with Crippen LogP contribution in [0, 0.1) is 6.92 Å². The summed E-state index contributed by atoms with van der Waals surface area (Å²) in [6.45, 7) is 4.44. The summed E-state index contributed by atoms with van der Waals surface area (Å²) in [5.74, 6) is -0.925. The van der Waals surface area contributed by atoms with Gasteiger partial charge in [0.15, 0.2) is 5.76 Å². The largest absolute Gasteiger partial charge is 0.478 e. The van der Waals surface area contributed by atoms with Gasteiger partial charge < -0.3 is 14.4 Å². The molecule has 5 heteroatoms. The monoisotopic (exact) mass is 313 g/mol. The number of carbonyl (C=O) groups excluding carboxylic acids is 1. The molecule has 0 saturated heterocycles. The number of anilines is 1. The Bertz CT molecular complexity index is 775. The molecule has 1 aromatic heterocycles. The lowest BCUT2D eigenvalue weighted by molar-refractivity contribution is 0.0694. The molecule has 0 aliphatic carbocycles. The number of carboxylic acid groups (broad SMARTS) is 1. The molecule has 0 atom stereocenters. The molecule has 5 nitrogen and oxygen atoms in total. The SMILES string of the molecule is CCc1oc(C(=O)N2CCCc3cc(C)ccc32)cc1C(=O)O. The van der Waals surface area contributed by atoms with Gasteiger partial charge in [-0.1, -0.05) is 24.6 Å². The van der Waals surface area contributed by atoms with E-state index in [0.29, 0.717) is 18.7 Å². The van der Waals surface area contributed by atoms with Gasteiger partial charge in [0, 0.05) is 24.7 Å². The van der Waals surface area contributed by atoms with Crippen molar-refractivity contribution in [3.05, 3.63) is 52.5 Å². The van der Waals surface area contributed by atoms with E-state index in [1.54, 1.807) is 11.8 Å². The van der Waals surface area contributed by atoms with Crippen molar-refractivity contribution in [2.75, 3.05) is 11.4 Å². The maximum Gasteiger partial charge on any atom is 0.339 e. The van der Waals surface area contributed by atoms with Crippen LogP contribution >= 0.6 is 0 Å². The van der Waals surface area contributed by atoms with E-state index < -0.39 is 5.97 Å². The molecular formula is C18H19NO4. The van der Waals surface area contributed by atoms with Crippen molar-refractivity contribution in [3.8, 4) is 0 Å². The lowest BCUT2D eigenvalue weighted by atomic mass is 9.99. The number of aryl methyl sites for hydroxylation is 3. The third-order valence-electron chi connectivity index (χ3n) is 4.17. The van der Waals surface area contributed by atoms with Gasteiger partial charge in [-0.3, -0.25) is 4.79 Å². The quantitative estimate of drug-likeness (QED) is 0.942. The highest BCUT2D eigenvalue weighted by Crippen LogP contribution is 2.30. The lowest BCUT2D eigenvalue weighted by Gasteiger charge is -2.29. The molecule has 1 amide bonds. The number of hydrogen-bond donors (Lipinski definition) is 1. The highest BCUT2D eigenvalue weighted by atomic mass is 16.4. The van der Waals surface area contributed by atoms with Crippen molar-refractivity contribution < 1.29 is 19.1 Å². The molecule has 3 rings (SSSR count). The third-order valence-corrected chi connectivity index (χ3v) is 4.17. The van der Waals surface area contributed by atoms with Gasteiger partial charge in [-0.15, -0.1) is 0 Å². The van der Waals surface area contributed by atoms with Gasteiger partial charge in [0.2, 0.25) is 0 Å². The molecule has 2 heterocycles. The average molecular weight is 313 g/mol. The van der Waals surface area contributed by atoms with Gasteiger partial charge in [-0.2, -0.15) is 0 Å². The summed E-state index contributed by atoms with van der Waals surface area (Å²) >= 11 is 0. The topological polar surface area (TPSA) is 70.8 Å².